The largest absolute Gasteiger partial charge is 0.332 e. The Bertz CT molecular complexity index is 686. The Morgan fingerprint density at radius 3 is 2.24 bits per heavy atom. The third kappa shape index (κ3) is 4.32. The van der Waals surface area contributed by atoms with E-state index in [-0.39, 0.29) is 20.7 Å². The average molecular weight is 360 g/mol. The third-order valence-corrected chi connectivity index (χ3v) is 3.57. The minimum absolute atomic E-state index is 0.123. The van der Waals surface area contributed by atoms with Crippen LogP contribution in [0.25, 0.3) is 0 Å². The van der Waals surface area contributed by atoms with Crippen molar-refractivity contribution in [3.63, 3.8) is 0 Å². The van der Waals surface area contributed by atoms with Crippen LogP contribution in [0.1, 0.15) is 10.4 Å². The molecular weight excluding hydrogens is 351 g/mol. The summed E-state index contributed by atoms with van der Waals surface area (Å²) >= 11 is 22.9. The number of rotatable bonds is 2. The van der Waals surface area contributed by atoms with Gasteiger partial charge in [-0.05, 0) is 42.5 Å². The number of hydrogen-bond donors (Lipinski definition) is 2. The quantitative estimate of drug-likeness (QED) is 0.759. The fourth-order valence-corrected chi connectivity index (χ4v) is 2.58. The highest BCUT2D eigenvalue weighted by atomic mass is 35.5. The highest BCUT2D eigenvalue weighted by molar-refractivity contribution is 7.80. The van der Waals surface area contributed by atoms with Crippen molar-refractivity contribution in [2.45, 2.75) is 0 Å². The Balaban J connectivity index is 2.08. The third-order valence-electron chi connectivity index (χ3n) is 2.50. The minimum Gasteiger partial charge on any atom is -0.332 e. The van der Waals surface area contributed by atoms with Gasteiger partial charge in [-0.25, -0.2) is 0 Å². The van der Waals surface area contributed by atoms with Crippen molar-refractivity contribution >= 4 is 63.7 Å². The Hall–Kier alpha value is -1.33. The Morgan fingerprint density at radius 2 is 1.62 bits per heavy atom. The molecule has 0 radical (unpaired) electrons. The molecule has 0 saturated heterocycles. The van der Waals surface area contributed by atoms with E-state index in [9.17, 15) is 4.79 Å². The van der Waals surface area contributed by atoms with Crippen LogP contribution in [0, 0.1) is 0 Å². The van der Waals surface area contributed by atoms with Gasteiger partial charge >= 0.3 is 0 Å². The molecule has 108 valence electrons. The molecule has 3 nitrogen and oxygen atoms in total. The van der Waals surface area contributed by atoms with Crippen LogP contribution in [-0.4, -0.2) is 11.0 Å². The van der Waals surface area contributed by atoms with Crippen molar-refractivity contribution in [2.75, 3.05) is 5.32 Å². The maximum absolute atomic E-state index is 12.1. The molecule has 7 heteroatoms. The monoisotopic (exact) mass is 358 g/mol. The smallest absolute Gasteiger partial charge is 0.260 e. The summed E-state index contributed by atoms with van der Waals surface area (Å²) in [6, 6.07) is 11.8. The van der Waals surface area contributed by atoms with Crippen molar-refractivity contribution in [3.8, 4) is 0 Å². The SMILES string of the molecule is O=C(NC(=S)Nc1cccc(Cl)c1)c1c(Cl)cccc1Cl. The van der Waals surface area contributed by atoms with Crippen molar-refractivity contribution in [1.82, 2.24) is 5.32 Å². The number of hydrogen-bond acceptors (Lipinski definition) is 2. The zero-order chi connectivity index (χ0) is 15.4. The van der Waals surface area contributed by atoms with Gasteiger partial charge in [0.15, 0.2) is 5.11 Å². The van der Waals surface area contributed by atoms with E-state index in [4.69, 9.17) is 47.0 Å². The molecule has 2 rings (SSSR count). The molecule has 2 aromatic carbocycles. The second-order valence-electron chi connectivity index (χ2n) is 4.02. The molecule has 0 spiro atoms. The molecule has 21 heavy (non-hydrogen) atoms. The second-order valence-corrected chi connectivity index (χ2v) is 5.67. The average Bonchev–Trinajstić information content (AvgIpc) is 2.38. The lowest BCUT2D eigenvalue weighted by Gasteiger charge is -2.11. The van der Waals surface area contributed by atoms with Gasteiger partial charge in [-0.3, -0.25) is 10.1 Å². The summed E-state index contributed by atoms with van der Waals surface area (Å²) in [5.41, 5.74) is 0.842. The number of carbonyl (C=O) groups is 1. The molecule has 1 amide bonds. The molecule has 0 heterocycles. The Kier molecular flexibility index (Phi) is 5.42. The maximum atomic E-state index is 12.1. The zero-order valence-corrected chi connectivity index (χ0v) is 13.6. The fourth-order valence-electron chi connectivity index (χ4n) is 1.61. The molecule has 0 bridgehead atoms. The first kappa shape index (κ1) is 16.0. The first-order valence-electron chi connectivity index (χ1n) is 5.79. The first-order valence-corrected chi connectivity index (χ1v) is 7.33. The summed E-state index contributed by atoms with van der Waals surface area (Å²) in [5.74, 6) is -0.481. The lowest BCUT2D eigenvalue weighted by atomic mass is 10.2. The summed E-state index contributed by atoms with van der Waals surface area (Å²) in [6.45, 7) is 0. The number of anilines is 1. The van der Waals surface area contributed by atoms with E-state index in [1.54, 1.807) is 42.5 Å². The molecule has 2 aromatic rings. The highest BCUT2D eigenvalue weighted by Crippen LogP contribution is 2.24. The van der Waals surface area contributed by atoms with Crippen LogP contribution in [0.4, 0.5) is 5.69 Å². The summed E-state index contributed by atoms with van der Waals surface area (Å²) < 4.78 is 0. The first-order chi connectivity index (χ1) is 9.97. The molecule has 2 N–H and O–H groups in total. The fraction of sp³-hybridized carbons (Fsp3) is 0. The van der Waals surface area contributed by atoms with E-state index in [0.29, 0.717) is 10.7 Å². The maximum Gasteiger partial charge on any atom is 0.260 e. The number of thiocarbonyl (C=S) groups is 1. The van der Waals surface area contributed by atoms with Gasteiger partial charge < -0.3 is 5.32 Å². The minimum atomic E-state index is -0.481. The summed E-state index contributed by atoms with van der Waals surface area (Å²) in [5, 5.41) is 6.56. The van der Waals surface area contributed by atoms with Crippen molar-refractivity contribution in [3.05, 3.63) is 63.1 Å². The number of carbonyl (C=O) groups excluding carboxylic acids is 1. The molecule has 0 aromatic heterocycles. The van der Waals surface area contributed by atoms with Crippen molar-refractivity contribution in [2.24, 2.45) is 0 Å². The molecule has 0 unspecified atom stereocenters. The number of halogens is 3. The van der Waals surface area contributed by atoms with E-state index in [0.717, 1.165) is 0 Å². The van der Waals surface area contributed by atoms with E-state index in [1.165, 1.54) is 0 Å². The summed E-state index contributed by atoms with van der Waals surface area (Å²) in [7, 11) is 0. The van der Waals surface area contributed by atoms with E-state index in [2.05, 4.69) is 10.6 Å². The van der Waals surface area contributed by atoms with E-state index >= 15 is 0 Å². The van der Waals surface area contributed by atoms with Gasteiger partial charge in [-0.15, -0.1) is 0 Å². The molecule has 0 aliphatic carbocycles. The van der Waals surface area contributed by atoms with Gasteiger partial charge in [0, 0.05) is 10.7 Å². The predicted molar refractivity (Wildman–Crippen MR) is 91.6 cm³/mol. The van der Waals surface area contributed by atoms with Gasteiger partial charge in [-0.1, -0.05) is 46.9 Å². The second kappa shape index (κ2) is 7.09. The van der Waals surface area contributed by atoms with Gasteiger partial charge in [-0.2, -0.15) is 0 Å². The van der Waals surface area contributed by atoms with Gasteiger partial charge in [0.25, 0.3) is 5.91 Å². The van der Waals surface area contributed by atoms with E-state index in [1.807, 2.05) is 0 Å². The predicted octanol–water partition coefficient (Wildman–Crippen LogP) is 4.77. The van der Waals surface area contributed by atoms with Crippen LogP contribution in [0.5, 0.6) is 0 Å². The van der Waals surface area contributed by atoms with Crippen LogP contribution in [-0.2, 0) is 0 Å². The number of nitrogens with one attached hydrogen (secondary N) is 2. The lowest BCUT2D eigenvalue weighted by molar-refractivity contribution is 0.0978. The van der Waals surface area contributed by atoms with Crippen LogP contribution in [0.3, 0.4) is 0 Å². The molecule has 0 saturated carbocycles. The number of amides is 1. The van der Waals surface area contributed by atoms with Gasteiger partial charge in [0.2, 0.25) is 0 Å². The van der Waals surface area contributed by atoms with Gasteiger partial charge in [0.1, 0.15) is 0 Å². The standard InChI is InChI=1S/C14H9Cl3N2OS/c15-8-3-1-4-9(7-8)18-14(21)19-13(20)12-10(16)5-2-6-11(12)17/h1-7H,(H2,18,19,20,21). The molecule has 0 aliphatic heterocycles. The highest BCUT2D eigenvalue weighted by Gasteiger charge is 2.15. The van der Waals surface area contributed by atoms with Crippen LogP contribution < -0.4 is 10.6 Å². The zero-order valence-electron chi connectivity index (χ0n) is 10.5. The van der Waals surface area contributed by atoms with Gasteiger partial charge in [0.05, 0.1) is 15.6 Å². The van der Waals surface area contributed by atoms with Crippen molar-refractivity contribution in [1.29, 1.82) is 0 Å². The lowest BCUT2D eigenvalue weighted by Crippen LogP contribution is -2.34. The Labute approximate surface area is 142 Å². The normalized spacial score (nSPS) is 10.0. The Morgan fingerprint density at radius 1 is 1.00 bits per heavy atom. The topological polar surface area (TPSA) is 41.1 Å². The molecular formula is C14H9Cl3N2OS. The molecule has 0 aliphatic rings. The van der Waals surface area contributed by atoms with Crippen LogP contribution in [0.15, 0.2) is 42.5 Å². The van der Waals surface area contributed by atoms with E-state index < -0.39 is 5.91 Å². The molecule has 0 atom stereocenters. The van der Waals surface area contributed by atoms with Crippen molar-refractivity contribution < 1.29 is 4.79 Å². The van der Waals surface area contributed by atoms with Crippen LogP contribution in [0.2, 0.25) is 15.1 Å². The summed E-state index contributed by atoms with van der Waals surface area (Å²) in [4.78, 5) is 12.1. The molecule has 0 fully saturated rings. The summed E-state index contributed by atoms with van der Waals surface area (Å²) in [6.07, 6.45) is 0. The number of benzene rings is 2. The van der Waals surface area contributed by atoms with Crippen LogP contribution >= 0.6 is 47.0 Å².